The maximum atomic E-state index is 10.1. The largest absolute Gasteiger partial charge is 0.497 e. The number of benzene rings is 1. The molecule has 108 valence electrons. The highest BCUT2D eigenvalue weighted by Gasteiger charge is 2.34. The third-order valence-corrected chi connectivity index (χ3v) is 3.68. The van der Waals surface area contributed by atoms with Crippen LogP contribution in [0.3, 0.4) is 0 Å². The molecule has 0 bridgehead atoms. The number of methoxy groups -OCH3 is 2. The first-order chi connectivity index (χ1) is 8.69. The van der Waals surface area contributed by atoms with Crippen molar-refractivity contribution in [3.63, 3.8) is 0 Å². The van der Waals surface area contributed by atoms with E-state index in [4.69, 9.17) is 9.47 Å². The molecule has 4 nitrogen and oxygen atoms in total. The van der Waals surface area contributed by atoms with Crippen molar-refractivity contribution < 1.29 is 14.6 Å². The van der Waals surface area contributed by atoms with Gasteiger partial charge in [-0.2, -0.15) is 0 Å². The lowest BCUT2D eigenvalue weighted by molar-refractivity contribution is -0.00532. The Morgan fingerprint density at radius 2 is 1.47 bits per heavy atom. The lowest BCUT2D eigenvalue weighted by Crippen LogP contribution is -2.55. The number of rotatable bonds is 6. The first-order valence-electron chi connectivity index (χ1n) is 6.39. The van der Waals surface area contributed by atoms with Crippen LogP contribution >= 0.6 is 0 Å². The van der Waals surface area contributed by atoms with Crippen LogP contribution in [-0.4, -0.2) is 30.5 Å². The van der Waals surface area contributed by atoms with Gasteiger partial charge in [0, 0.05) is 18.2 Å². The normalized spacial score (nSPS) is 12.4. The van der Waals surface area contributed by atoms with Crippen LogP contribution in [0.15, 0.2) is 18.2 Å². The molecule has 0 fully saturated rings. The number of hydrogen-bond donors (Lipinski definition) is 2. The van der Waals surface area contributed by atoms with Crippen molar-refractivity contribution in [3.8, 4) is 11.5 Å². The molecule has 1 rings (SSSR count). The van der Waals surface area contributed by atoms with Gasteiger partial charge in [-0.05, 0) is 45.4 Å². The topological polar surface area (TPSA) is 50.7 Å². The Kier molecular flexibility index (Phi) is 4.82. The fraction of sp³-hybridized carbons (Fsp3) is 0.600. The molecule has 0 unspecified atom stereocenters. The highest BCUT2D eigenvalue weighted by Crippen LogP contribution is 2.25. The smallest absolute Gasteiger partial charge is 0.122 e. The maximum absolute atomic E-state index is 10.1. The van der Waals surface area contributed by atoms with Crippen LogP contribution in [0.5, 0.6) is 11.5 Å². The lowest BCUT2D eigenvalue weighted by atomic mass is 9.86. The molecule has 0 aliphatic rings. The molecular formula is C15H25NO3. The monoisotopic (exact) mass is 267 g/mol. The summed E-state index contributed by atoms with van der Waals surface area (Å²) in [7, 11) is 3.26. The molecule has 2 N–H and O–H groups in total. The number of nitrogens with one attached hydrogen (secondary N) is 1. The molecule has 1 aromatic carbocycles. The summed E-state index contributed by atoms with van der Waals surface area (Å²) >= 11 is 0. The Bertz CT molecular complexity index is 400. The van der Waals surface area contributed by atoms with E-state index in [1.54, 1.807) is 28.1 Å². The Hall–Kier alpha value is -1.26. The summed E-state index contributed by atoms with van der Waals surface area (Å²) < 4.78 is 10.5. The van der Waals surface area contributed by atoms with Crippen molar-refractivity contribution >= 4 is 0 Å². The second-order valence-electron chi connectivity index (χ2n) is 5.76. The third kappa shape index (κ3) is 4.11. The molecule has 0 saturated carbocycles. The summed E-state index contributed by atoms with van der Waals surface area (Å²) in [5, 5.41) is 13.5. The Morgan fingerprint density at radius 3 is 1.84 bits per heavy atom. The fourth-order valence-corrected chi connectivity index (χ4v) is 1.51. The van der Waals surface area contributed by atoms with Crippen LogP contribution in [0.1, 0.15) is 33.3 Å². The van der Waals surface area contributed by atoms with E-state index < -0.39 is 11.1 Å². The van der Waals surface area contributed by atoms with Gasteiger partial charge in [-0.1, -0.05) is 0 Å². The lowest BCUT2D eigenvalue weighted by Gasteiger charge is -2.38. The van der Waals surface area contributed by atoms with E-state index in [1.807, 2.05) is 32.0 Å². The first kappa shape index (κ1) is 15.8. The molecule has 0 aliphatic carbocycles. The summed E-state index contributed by atoms with van der Waals surface area (Å²) in [4.78, 5) is 0. The molecule has 1 aromatic rings. The molecule has 0 spiro atoms. The van der Waals surface area contributed by atoms with Crippen molar-refractivity contribution in [1.29, 1.82) is 0 Å². The average Bonchev–Trinajstić information content (AvgIpc) is 2.34. The Labute approximate surface area is 115 Å². The van der Waals surface area contributed by atoms with Gasteiger partial charge >= 0.3 is 0 Å². The van der Waals surface area contributed by atoms with E-state index >= 15 is 0 Å². The fourth-order valence-electron chi connectivity index (χ4n) is 1.51. The van der Waals surface area contributed by atoms with Crippen molar-refractivity contribution in [1.82, 2.24) is 5.32 Å². The van der Waals surface area contributed by atoms with Gasteiger partial charge in [-0.25, -0.2) is 0 Å². The van der Waals surface area contributed by atoms with Crippen molar-refractivity contribution in [3.05, 3.63) is 23.8 Å². The van der Waals surface area contributed by atoms with Crippen LogP contribution in [0.25, 0.3) is 0 Å². The summed E-state index contributed by atoms with van der Waals surface area (Å²) in [6, 6.07) is 5.75. The number of aliphatic hydroxyl groups is 1. The molecule has 0 aliphatic heterocycles. The van der Waals surface area contributed by atoms with Crippen LogP contribution in [0.2, 0.25) is 0 Å². The van der Waals surface area contributed by atoms with Gasteiger partial charge in [-0.3, -0.25) is 0 Å². The van der Waals surface area contributed by atoms with Gasteiger partial charge in [0.25, 0.3) is 0 Å². The van der Waals surface area contributed by atoms with Crippen molar-refractivity contribution in [2.75, 3.05) is 14.2 Å². The zero-order valence-electron chi connectivity index (χ0n) is 12.7. The molecule has 0 aromatic heterocycles. The number of hydrogen-bond acceptors (Lipinski definition) is 4. The highest BCUT2D eigenvalue weighted by atomic mass is 16.5. The van der Waals surface area contributed by atoms with Crippen molar-refractivity contribution in [2.24, 2.45) is 0 Å². The standard InChI is InChI=1S/C15H25NO3/c1-14(2,15(3,4)17)16-10-11-7-12(18-5)9-13(8-11)19-6/h7-9,16-17H,10H2,1-6H3. The van der Waals surface area contributed by atoms with Crippen LogP contribution in [-0.2, 0) is 6.54 Å². The minimum atomic E-state index is -0.810. The van der Waals surface area contributed by atoms with Gasteiger partial charge in [0.1, 0.15) is 11.5 Å². The summed E-state index contributed by atoms with van der Waals surface area (Å²) in [6.45, 7) is 8.18. The molecular weight excluding hydrogens is 242 g/mol. The molecule has 4 heteroatoms. The molecule has 19 heavy (non-hydrogen) atoms. The van der Waals surface area contributed by atoms with Gasteiger partial charge in [0.15, 0.2) is 0 Å². The summed E-state index contributed by atoms with van der Waals surface area (Å²) in [5.41, 5.74) is -0.160. The van der Waals surface area contributed by atoms with Gasteiger partial charge < -0.3 is 19.9 Å². The zero-order valence-corrected chi connectivity index (χ0v) is 12.7. The quantitative estimate of drug-likeness (QED) is 0.830. The molecule has 0 atom stereocenters. The zero-order chi connectivity index (χ0) is 14.7. The minimum absolute atomic E-state index is 0.399. The number of ether oxygens (including phenoxy) is 2. The van der Waals surface area contributed by atoms with Crippen molar-refractivity contribution in [2.45, 2.75) is 45.4 Å². The molecule has 0 radical (unpaired) electrons. The van der Waals surface area contributed by atoms with E-state index in [0.29, 0.717) is 6.54 Å². The predicted octanol–water partition coefficient (Wildman–Crippen LogP) is 2.34. The van der Waals surface area contributed by atoms with Crippen LogP contribution < -0.4 is 14.8 Å². The minimum Gasteiger partial charge on any atom is -0.497 e. The van der Waals surface area contributed by atoms with E-state index in [0.717, 1.165) is 17.1 Å². The van der Waals surface area contributed by atoms with E-state index in [-0.39, 0.29) is 0 Å². The predicted molar refractivity (Wildman–Crippen MR) is 76.8 cm³/mol. The third-order valence-electron chi connectivity index (χ3n) is 3.68. The molecule has 0 saturated heterocycles. The second kappa shape index (κ2) is 5.80. The Balaban J connectivity index is 2.83. The Morgan fingerprint density at radius 1 is 1.00 bits per heavy atom. The van der Waals surface area contributed by atoms with Gasteiger partial charge in [0.05, 0.1) is 19.8 Å². The van der Waals surface area contributed by atoms with E-state index in [9.17, 15) is 5.11 Å². The summed E-state index contributed by atoms with van der Waals surface area (Å²) in [6.07, 6.45) is 0. The van der Waals surface area contributed by atoms with Gasteiger partial charge in [-0.15, -0.1) is 0 Å². The molecule has 0 amide bonds. The highest BCUT2D eigenvalue weighted by molar-refractivity contribution is 5.38. The maximum Gasteiger partial charge on any atom is 0.122 e. The first-order valence-corrected chi connectivity index (χ1v) is 6.39. The van der Waals surface area contributed by atoms with E-state index in [1.165, 1.54) is 0 Å². The van der Waals surface area contributed by atoms with Crippen LogP contribution in [0.4, 0.5) is 0 Å². The van der Waals surface area contributed by atoms with Crippen LogP contribution in [0, 0.1) is 0 Å². The average molecular weight is 267 g/mol. The molecule has 0 heterocycles. The second-order valence-corrected chi connectivity index (χ2v) is 5.76. The summed E-state index contributed by atoms with van der Waals surface area (Å²) in [5.74, 6) is 1.52. The van der Waals surface area contributed by atoms with Gasteiger partial charge in [0.2, 0.25) is 0 Å². The van der Waals surface area contributed by atoms with E-state index in [2.05, 4.69) is 5.32 Å². The SMILES string of the molecule is COc1cc(CNC(C)(C)C(C)(C)O)cc(OC)c1.